The zero-order chi connectivity index (χ0) is 17.4. The average Bonchev–Trinajstić information content (AvgIpc) is 2.57. The van der Waals surface area contributed by atoms with Crippen LogP contribution in [0.3, 0.4) is 0 Å². The molecular weight excluding hydrogens is 298 g/mol. The van der Waals surface area contributed by atoms with Crippen LogP contribution in [0.15, 0.2) is 24.3 Å². The molecule has 3 N–H and O–H groups in total. The lowest BCUT2D eigenvalue weighted by Gasteiger charge is -2.14. The summed E-state index contributed by atoms with van der Waals surface area (Å²) in [5, 5.41) is 25.2. The number of anilines is 1. The number of phenols is 2. The molecule has 0 unspecified atom stereocenters. The molecule has 0 aliphatic carbocycles. The standard InChI is InChI=1S/C21H31NO2/c1-3-5-6-7-8-9-13-22-19-12-11-16(10-4-2)17-14-20(23)21(24)15-18(17)19/h11-12,14-15,22-24H,3-10,13H2,1-2H3. The lowest BCUT2D eigenvalue weighted by atomic mass is 9.99. The van der Waals surface area contributed by atoms with Gasteiger partial charge in [-0.2, -0.15) is 0 Å². The molecule has 0 aliphatic rings. The van der Waals surface area contributed by atoms with Crippen molar-refractivity contribution in [1.29, 1.82) is 0 Å². The minimum absolute atomic E-state index is 0.0482. The summed E-state index contributed by atoms with van der Waals surface area (Å²) in [6.45, 7) is 5.33. The summed E-state index contributed by atoms with van der Waals surface area (Å²) in [5.41, 5.74) is 2.25. The van der Waals surface area contributed by atoms with Crippen LogP contribution in [0.2, 0.25) is 0 Å². The number of phenolic OH excluding ortho intramolecular Hbond substituents is 2. The van der Waals surface area contributed by atoms with Crippen molar-refractivity contribution in [3.05, 3.63) is 29.8 Å². The summed E-state index contributed by atoms with van der Waals surface area (Å²) < 4.78 is 0. The molecule has 2 aromatic carbocycles. The Bertz CT molecular complexity index is 652. The van der Waals surface area contributed by atoms with E-state index in [1.165, 1.54) is 37.7 Å². The predicted molar refractivity (Wildman–Crippen MR) is 103 cm³/mol. The van der Waals surface area contributed by atoms with Crippen molar-refractivity contribution in [3.63, 3.8) is 0 Å². The summed E-state index contributed by atoms with van der Waals surface area (Å²) >= 11 is 0. The maximum atomic E-state index is 9.88. The zero-order valence-electron chi connectivity index (χ0n) is 15.1. The smallest absolute Gasteiger partial charge is 0.158 e. The second-order valence-electron chi connectivity index (χ2n) is 6.60. The van der Waals surface area contributed by atoms with Crippen molar-refractivity contribution >= 4 is 16.5 Å². The molecule has 3 nitrogen and oxygen atoms in total. The topological polar surface area (TPSA) is 52.5 Å². The molecule has 2 aromatic rings. The van der Waals surface area contributed by atoms with Gasteiger partial charge in [0, 0.05) is 17.6 Å². The second-order valence-corrected chi connectivity index (χ2v) is 6.60. The molecule has 0 amide bonds. The van der Waals surface area contributed by atoms with E-state index in [1.54, 1.807) is 12.1 Å². The summed E-state index contributed by atoms with van der Waals surface area (Å²) in [7, 11) is 0. The van der Waals surface area contributed by atoms with Gasteiger partial charge >= 0.3 is 0 Å². The van der Waals surface area contributed by atoms with Crippen LogP contribution in [0.1, 0.15) is 64.4 Å². The minimum atomic E-state index is -0.0567. The number of nitrogens with one attached hydrogen (secondary N) is 1. The van der Waals surface area contributed by atoms with Gasteiger partial charge in [0.2, 0.25) is 0 Å². The molecule has 0 fully saturated rings. The Kier molecular flexibility index (Phi) is 7.23. The van der Waals surface area contributed by atoms with Crippen LogP contribution in [0, 0.1) is 0 Å². The highest BCUT2D eigenvalue weighted by Gasteiger charge is 2.10. The van der Waals surface area contributed by atoms with Crippen molar-refractivity contribution in [1.82, 2.24) is 0 Å². The fourth-order valence-corrected chi connectivity index (χ4v) is 3.20. The maximum Gasteiger partial charge on any atom is 0.158 e. The molecular formula is C21H31NO2. The molecule has 0 aromatic heterocycles. The Hall–Kier alpha value is -1.90. The van der Waals surface area contributed by atoms with E-state index in [0.717, 1.165) is 42.3 Å². The van der Waals surface area contributed by atoms with E-state index in [2.05, 4.69) is 31.3 Å². The number of fused-ring (bicyclic) bond motifs is 1. The number of hydrogen-bond acceptors (Lipinski definition) is 3. The molecule has 0 aliphatic heterocycles. The van der Waals surface area contributed by atoms with Gasteiger partial charge in [-0.1, -0.05) is 58.4 Å². The highest BCUT2D eigenvalue weighted by molar-refractivity contribution is 5.98. The van der Waals surface area contributed by atoms with E-state index < -0.39 is 0 Å². The summed E-state index contributed by atoms with van der Waals surface area (Å²) in [5.74, 6) is -0.105. The lowest BCUT2D eigenvalue weighted by molar-refractivity contribution is 0.405. The van der Waals surface area contributed by atoms with Gasteiger partial charge < -0.3 is 15.5 Å². The first kappa shape index (κ1) is 18.4. The summed E-state index contributed by atoms with van der Waals surface area (Å²) in [6.07, 6.45) is 9.69. The van der Waals surface area contributed by atoms with Crippen molar-refractivity contribution in [3.8, 4) is 11.5 Å². The number of hydrogen-bond donors (Lipinski definition) is 3. The van der Waals surface area contributed by atoms with E-state index in [9.17, 15) is 10.2 Å². The zero-order valence-corrected chi connectivity index (χ0v) is 15.1. The van der Waals surface area contributed by atoms with Crippen molar-refractivity contribution in [2.75, 3.05) is 11.9 Å². The molecule has 2 rings (SSSR count). The van der Waals surface area contributed by atoms with E-state index in [4.69, 9.17) is 0 Å². The third-order valence-corrected chi connectivity index (χ3v) is 4.57. The Morgan fingerprint density at radius 3 is 2.17 bits per heavy atom. The molecule has 24 heavy (non-hydrogen) atoms. The molecule has 0 heterocycles. The first-order valence-corrected chi connectivity index (χ1v) is 9.38. The molecule has 0 bridgehead atoms. The number of rotatable bonds is 10. The first-order chi connectivity index (χ1) is 11.7. The van der Waals surface area contributed by atoms with Crippen molar-refractivity contribution in [2.45, 2.75) is 65.2 Å². The van der Waals surface area contributed by atoms with Gasteiger partial charge in [-0.3, -0.25) is 0 Å². The summed E-state index contributed by atoms with van der Waals surface area (Å²) in [4.78, 5) is 0. The molecule has 0 radical (unpaired) electrons. The van der Waals surface area contributed by atoms with Crippen LogP contribution in [0.5, 0.6) is 11.5 Å². The number of aromatic hydroxyl groups is 2. The third-order valence-electron chi connectivity index (χ3n) is 4.57. The van der Waals surface area contributed by atoms with Crippen LogP contribution < -0.4 is 5.32 Å². The van der Waals surface area contributed by atoms with E-state index >= 15 is 0 Å². The Balaban J connectivity index is 2.07. The van der Waals surface area contributed by atoms with Crippen LogP contribution in [-0.4, -0.2) is 16.8 Å². The minimum Gasteiger partial charge on any atom is -0.504 e. The maximum absolute atomic E-state index is 9.88. The van der Waals surface area contributed by atoms with Crippen molar-refractivity contribution < 1.29 is 10.2 Å². The Morgan fingerprint density at radius 1 is 0.792 bits per heavy atom. The van der Waals surface area contributed by atoms with Gasteiger partial charge in [-0.25, -0.2) is 0 Å². The van der Waals surface area contributed by atoms with Gasteiger partial charge in [-0.05, 0) is 42.0 Å². The van der Waals surface area contributed by atoms with E-state index in [1.807, 2.05) is 0 Å². The molecule has 0 atom stereocenters. The fourth-order valence-electron chi connectivity index (χ4n) is 3.20. The fraction of sp³-hybridized carbons (Fsp3) is 0.524. The van der Waals surface area contributed by atoms with Gasteiger partial charge in [-0.15, -0.1) is 0 Å². The van der Waals surface area contributed by atoms with E-state index in [-0.39, 0.29) is 11.5 Å². The molecule has 0 spiro atoms. The second kappa shape index (κ2) is 9.41. The SMILES string of the molecule is CCCCCCCCNc1ccc(CCC)c2cc(O)c(O)cc12. The molecule has 3 heteroatoms. The number of aryl methyl sites for hydroxylation is 1. The van der Waals surface area contributed by atoms with Gasteiger partial charge in [0.05, 0.1) is 0 Å². The Morgan fingerprint density at radius 2 is 1.46 bits per heavy atom. The van der Waals surface area contributed by atoms with Crippen LogP contribution >= 0.6 is 0 Å². The highest BCUT2D eigenvalue weighted by atomic mass is 16.3. The summed E-state index contributed by atoms with van der Waals surface area (Å²) in [6, 6.07) is 7.59. The van der Waals surface area contributed by atoms with Gasteiger partial charge in [0.1, 0.15) is 0 Å². The third kappa shape index (κ3) is 4.80. The largest absolute Gasteiger partial charge is 0.504 e. The monoisotopic (exact) mass is 329 g/mol. The van der Waals surface area contributed by atoms with Crippen LogP contribution in [-0.2, 0) is 6.42 Å². The van der Waals surface area contributed by atoms with E-state index in [0.29, 0.717) is 0 Å². The van der Waals surface area contributed by atoms with Crippen LogP contribution in [0.4, 0.5) is 5.69 Å². The predicted octanol–water partition coefficient (Wildman–Crippen LogP) is 5.98. The molecule has 132 valence electrons. The van der Waals surface area contributed by atoms with Crippen molar-refractivity contribution in [2.24, 2.45) is 0 Å². The molecule has 0 saturated heterocycles. The normalized spacial score (nSPS) is 11.1. The average molecular weight is 329 g/mol. The Labute approximate surface area is 145 Å². The number of benzene rings is 2. The lowest BCUT2D eigenvalue weighted by Crippen LogP contribution is -2.02. The first-order valence-electron chi connectivity index (χ1n) is 9.38. The van der Waals surface area contributed by atoms with Gasteiger partial charge in [0.25, 0.3) is 0 Å². The quantitative estimate of drug-likeness (QED) is 0.371. The van der Waals surface area contributed by atoms with Gasteiger partial charge in [0.15, 0.2) is 11.5 Å². The highest BCUT2D eigenvalue weighted by Crippen LogP contribution is 2.36. The number of unbranched alkanes of at least 4 members (excludes halogenated alkanes) is 5. The van der Waals surface area contributed by atoms with Crippen LogP contribution in [0.25, 0.3) is 10.8 Å². The molecule has 0 saturated carbocycles.